The van der Waals surface area contributed by atoms with Crippen LogP contribution in [0.25, 0.3) is 0 Å². The first-order valence-corrected chi connectivity index (χ1v) is 8.69. The quantitative estimate of drug-likeness (QED) is 0.557. The zero-order chi connectivity index (χ0) is 15.7. The number of hydrogen-bond donors (Lipinski definition) is 1. The van der Waals surface area contributed by atoms with Crippen molar-refractivity contribution in [3.63, 3.8) is 0 Å². The molecule has 0 aliphatic rings. The van der Waals surface area contributed by atoms with E-state index in [0.29, 0.717) is 12.5 Å². The van der Waals surface area contributed by atoms with Gasteiger partial charge in [0.05, 0.1) is 0 Å². The lowest BCUT2D eigenvalue weighted by atomic mass is 10.1. The number of thioether (sulfide) groups is 1. The summed E-state index contributed by atoms with van der Waals surface area (Å²) in [5, 5.41) is 3.49. The number of amides is 1. The molecule has 1 atom stereocenters. The van der Waals surface area contributed by atoms with Gasteiger partial charge in [0, 0.05) is 31.5 Å². The molecule has 1 amide bonds. The zero-order valence-corrected chi connectivity index (χ0v) is 14.5. The predicted molar refractivity (Wildman–Crippen MR) is 91.8 cm³/mol. The van der Waals surface area contributed by atoms with Crippen LogP contribution in [0.5, 0.6) is 0 Å². The molecule has 1 aromatic carbocycles. The molecule has 0 aliphatic heterocycles. The van der Waals surface area contributed by atoms with Crippen LogP contribution in [0.1, 0.15) is 44.7 Å². The number of hydrogen-bond acceptors (Lipinski definition) is 3. The molecule has 0 fully saturated rings. The van der Waals surface area contributed by atoms with E-state index >= 15 is 0 Å². The lowest BCUT2D eigenvalue weighted by Gasteiger charge is -2.14. The average Bonchev–Trinajstić information content (AvgIpc) is 2.49. The highest BCUT2D eigenvalue weighted by molar-refractivity contribution is 7.99. The topological polar surface area (TPSA) is 32.3 Å². The number of rotatable bonds is 9. The van der Waals surface area contributed by atoms with Crippen LogP contribution in [0.3, 0.4) is 0 Å². The fourth-order valence-corrected chi connectivity index (χ4v) is 2.82. The Morgan fingerprint density at radius 3 is 2.52 bits per heavy atom. The highest BCUT2D eigenvalue weighted by Crippen LogP contribution is 2.22. The Morgan fingerprint density at radius 2 is 1.95 bits per heavy atom. The molecule has 0 heterocycles. The summed E-state index contributed by atoms with van der Waals surface area (Å²) in [5.74, 6) is 1.20. The predicted octanol–water partition coefficient (Wildman–Crippen LogP) is 3.71. The van der Waals surface area contributed by atoms with Crippen molar-refractivity contribution >= 4 is 17.7 Å². The highest BCUT2D eigenvalue weighted by Gasteiger charge is 2.05. The molecule has 3 nitrogen and oxygen atoms in total. The number of carbonyl (C=O) groups excluding carboxylic acids is 1. The molecule has 0 saturated heterocycles. The van der Waals surface area contributed by atoms with Crippen molar-refractivity contribution in [3.8, 4) is 0 Å². The highest BCUT2D eigenvalue weighted by atomic mass is 32.2. The summed E-state index contributed by atoms with van der Waals surface area (Å²) >= 11 is 1.82. The van der Waals surface area contributed by atoms with Crippen molar-refractivity contribution in [3.05, 3.63) is 29.8 Å². The van der Waals surface area contributed by atoms with Crippen LogP contribution in [-0.2, 0) is 4.79 Å². The first-order valence-electron chi connectivity index (χ1n) is 7.71. The minimum Gasteiger partial charge on any atom is -0.349 e. The summed E-state index contributed by atoms with van der Waals surface area (Å²) in [5.41, 5.74) is 1.33. The Balaban J connectivity index is 2.32. The molecule has 0 saturated carbocycles. The number of carbonyl (C=O) groups is 1. The van der Waals surface area contributed by atoms with Crippen LogP contribution in [0.2, 0.25) is 0 Å². The Kier molecular flexibility index (Phi) is 8.47. The summed E-state index contributed by atoms with van der Waals surface area (Å²) in [6.45, 7) is 5.43. The Morgan fingerprint density at radius 1 is 1.29 bits per heavy atom. The number of benzene rings is 1. The largest absolute Gasteiger partial charge is 0.349 e. The van der Waals surface area contributed by atoms with E-state index in [1.807, 2.05) is 25.9 Å². The molecule has 0 spiro atoms. The maximum Gasteiger partial charge on any atom is 0.222 e. The van der Waals surface area contributed by atoms with E-state index in [1.54, 1.807) is 4.90 Å². The van der Waals surface area contributed by atoms with Gasteiger partial charge in [0.25, 0.3) is 0 Å². The lowest BCUT2D eigenvalue weighted by molar-refractivity contribution is -0.128. The van der Waals surface area contributed by atoms with Gasteiger partial charge in [-0.25, -0.2) is 0 Å². The number of nitrogens with zero attached hydrogens (tertiary/aromatic N) is 1. The van der Waals surface area contributed by atoms with Crippen LogP contribution in [0.15, 0.2) is 29.2 Å². The molecular weight excluding hydrogens is 280 g/mol. The SMILES string of the molecule is CCCNC(C)c1ccc(SCCCC(=O)N(C)C)cc1. The van der Waals surface area contributed by atoms with E-state index in [2.05, 4.69) is 43.4 Å². The van der Waals surface area contributed by atoms with Gasteiger partial charge in [-0.05, 0) is 49.8 Å². The third kappa shape index (κ3) is 7.00. The van der Waals surface area contributed by atoms with E-state index in [4.69, 9.17) is 0 Å². The van der Waals surface area contributed by atoms with Crippen LogP contribution in [0, 0.1) is 0 Å². The standard InChI is InChI=1S/C17H28N2OS/c1-5-12-18-14(2)15-8-10-16(11-9-15)21-13-6-7-17(20)19(3)4/h8-11,14,18H,5-7,12-13H2,1-4H3. The maximum atomic E-state index is 11.5. The molecule has 0 aromatic heterocycles. The number of nitrogens with one attached hydrogen (secondary N) is 1. The van der Waals surface area contributed by atoms with Crippen LogP contribution in [0.4, 0.5) is 0 Å². The maximum absolute atomic E-state index is 11.5. The van der Waals surface area contributed by atoms with Gasteiger partial charge in [0.15, 0.2) is 0 Å². The summed E-state index contributed by atoms with van der Waals surface area (Å²) in [4.78, 5) is 14.4. The minimum atomic E-state index is 0.210. The zero-order valence-electron chi connectivity index (χ0n) is 13.7. The van der Waals surface area contributed by atoms with E-state index in [-0.39, 0.29) is 5.91 Å². The molecule has 0 radical (unpaired) electrons. The van der Waals surface area contributed by atoms with Crippen LogP contribution >= 0.6 is 11.8 Å². The lowest BCUT2D eigenvalue weighted by Crippen LogP contribution is -2.21. The van der Waals surface area contributed by atoms with Gasteiger partial charge in [0.2, 0.25) is 5.91 Å². The fourth-order valence-electron chi connectivity index (χ4n) is 1.97. The van der Waals surface area contributed by atoms with Gasteiger partial charge in [-0.1, -0.05) is 19.1 Å². The molecule has 118 valence electrons. The normalized spacial score (nSPS) is 12.2. The average molecular weight is 308 g/mol. The van der Waals surface area contributed by atoms with Gasteiger partial charge >= 0.3 is 0 Å². The molecule has 1 N–H and O–H groups in total. The van der Waals surface area contributed by atoms with Gasteiger partial charge < -0.3 is 10.2 Å². The molecule has 0 aliphatic carbocycles. The summed E-state index contributed by atoms with van der Waals surface area (Å²) < 4.78 is 0. The summed E-state index contributed by atoms with van der Waals surface area (Å²) in [6.07, 6.45) is 2.72. The van der Waals surface area contributed by atoms with Crippen molar-refractivity contribution in [1.29, 1.82) is 0 Å². The molecule has 4 heteroatoms. The van der Waals surface area contributed by atoms with Gasteiger partial charge in [-0.15, -0.1) is 11.8 Å². The molecule has 1 rings (SSSR count). The minimum absolute atomic E-state index is 0.210. The second kappa shape index (κ2) is 9.85. The second-order valence-electron chi connectivity index (χ2n) is 5.49. The van der Waals surface area contributed by atoms with Crippen molar-refractivity contribution in [2.24, 2.45) is 0 Å². The van der Waals surface area contributed by atoms with E-state index in [0.717, 1.165) is 25.1 Å². The van der Waals surface area contributed by atoms with E-state index < -0.39 is 0 Å². The molecule has 1 aromatic rings. The monoisotopic (exact) mass is 308 g/mol. The Labute approximate surface area is 133 Å². The van der Waals surface area contributed by atoms with Crippen molar-refractivity contribution < 1.29 is 4.79 Å². The van der Waals surface area contributed by atoms with Gasteiger partial charge in [-0.2, -0.15) is 0 Å². The van der Waals surface area contributed by atoms with Gasteiger partial charge in [-0.3, -0.25) is 4.79 Å². The summed E-state index contributed by atoms with van der Waals surface area (Å²) in [6, 6.07) is 9.15. The fraction of sp³-hybridized carbons (Fsp3) is 0.588. The van der Waals surface area contributed by atoms with Crippen molar-refractivity contribution in [1.82, 2.24) is 10.2 Å². The second-order valence-corrected chi connectivity index (χ2v) is 6.65. The van der Waals surface area contributed by atoms with Crippen LogP contribution in [-0.4, -0.2) is 37.2 Å². The van der Waals surface area contributed by atoms with Crippen molar-refractivity contribution in [2.75, 3.05) is 26.4 Å². The Bertz CT molecular complexity index is 417. The van der Waals surface area contributed by atoms with E-state index in [1.165, 1.54) is 10.5 Å². The van der Waals surface area contributed by atoms with Crippen molar-refractivity contribution in [2.45, 2.75) is 44.0 Å². The van der Waals surface area contributed by atoms with Crippen LogP contribution < -0.4 is 5.32 Å². The molecule has 21 heavy (non-hydrogen) atoms. The first kappa shape index (κ1) is 18.1. The Hall–Kier alpha value is -1.00. The summed E-state index contributed by atoms with van der Waals surface area (Å²) in [7, 11) is 3.61. The smallest absolute Gasteiger partial charge is 0.222 e. The first-order chi connectivity index (χ1) is 10.0. The molecular formula is C17H28N2OS. The van der Waals surface area contributed by atoms with Gasteiger partial charge in [0.1, 0.15) is 0 Å². The third-order valence-corrected chi connectivity index (χ3v) is 4.48. The molecule has 1 unspecified atom stereocenters. The molecule has 0 bridgehead atoms. The van der Waals surface area contributed by atoms with E-state index in [9.17, 15) is 4.79 Å². The third-order valence-electron chi connectivity index (χ3n) is 3.38.